The molecule has 83 heavy (non-hydrogen) atoms. The number of ether oxygens (including phenoxy) is 4. The Morgan fingerprint density at radius 2 is 0.843 bits per heavy atom. The van der Waals surface area contributed by atoms with Crippen molar-refractivity contribution in [3.63, 3.8) is 0 Å². The third kappa shape index (κ3) is 36.9. The molecular formula is C69H109NO13. The van der Waals surface area contributed by atoms with Gasteiger partial charge in [0, 0.05) is 6.42 Å². The first-order chi connectivity index (χ1) is 40.6. The molecule has 14 heteroatoms. The van der Waals surface area contributed by atoms with Gasteiger partial charge in [-0.05, 0) is 109 Å². The van der Waals surface area contributed by atoms with Gasteiger partial charge in [-0.15, -0.1) is 0 Å². The second kappa shape index (κ2) is 52.0. The quantitative estimate of drug-likeness (QED) is 0.0204. The highest BCUT2D eigenvalue weighted by molar-refractivity contribution is 5.76. The van der Waals surface area contributed by atoms with Gasteiger partial charge in [0.2, 0.25) is 5.91 Å². The van der Waals surface area contributed by atoms with Gasteiger partial charge in [0.05, 0.1) is 32.0 Å². The normalized spacial score (nSPS) is 24.9. The number of nitrogens with one attached hydrogen (secondary N) is 1. The molecule has 2 aliphatic heterocycles. The molecule has 2 heterocycles. The summed E-state index contributed by atoms with van der Waals surface area (Å²) in [5.41, 5.74) is 0. The molecule has 0 radical (unpaired) electrons. The van der Waals surface area contributed by atoms with Crippen molar-refractivity contribution in [3.05, 3.63) is 158 Å². The molecule has 14 nitrogen and oxygen atoms in total. The lowest BCUT2D eigenvalue weighted by Gasteiger charge is -2.46. The minimum absolute atomic E-state index is 0.249. The van der Waals surface area contributed by atoms with Gasteiger partial charge in [0.25, 0.3) is 0 Å². The standard InChI is InChI=1S/C69H109NO13/c1-3-5-7-9-11-13-14-15-16-17-18-19-20-21-22-23-24-25-26-27-28-29-30-31-32-33-34-35-36-37-38-39-40-41-42-43-44-45-47-49-51-53-61(74)70-57(58(73)52-50-48-46-12-10-8-6-4-2)56-80-68-66(79)64(77)67(60(55-72)82-68)83-69-65(78)63(76)62(75)59(54-71)81-69/h5,7,10-13,15-16,18-19,21-22,24-25,27-28,30-31,33-34,36-37,39-40,50,52,57-60,62-69,71-73,75-79H,3-4,6,8-9,14,17,20,23,26,29,32,35,38,41-49,51,53-56H2,1-2H3,(H,70,74)/b7-5-,12-10+,13-11-,16-15-,19-18-,22-21-,25-24-,28-27-,31-30-,34-33-,37-36-,40-39-,52-50+. The molecule has 0 aromatic rings. The van der Waals surface area contributed by atoms with Gasteiger partial charge < -0.3 is 65.1 Å². The predicted molar refractivity (Wildman–Crippen MR) is 336 cm³/mol. The van der Waals surface area contributed by atoms with E-state index in [1.54, 1.807) is 6.08 Å². The Hall–Kier alpha value is -4.39. The lowest BCUT2D eigenvalue weighted by atomic mass is 9.97. The van der Waals surface area contributed by atoms with Crippen LogP contribution in [0.1, 0.15) is 174 Å². The first-order valence-corrected chi connectivity index (χ1v) is 31.2. The fraction of sp³-hybridized carbons (Fsp3) is 0.609. The summed E-state index contributed by atoms with van der Waals surface area (Å²) in [6, 6.07) is -0.946. The van der Waals surface area contributed by atoms with Gasteiger partial charge in [-0.25, -0.2) is 0 Å². The number of amides is 1. The molecule has 1 amide bonds. The molecular weight excluding hydrogens is 1050 g/mol. The summed E-state index contributed by atoms with van der Waals surface area (Å²) in [7, 11) is 0. The molecule has 12 unspecified atom stereocenters. The van der Waals surface area contributed by atoms with Crippen LogP contribution in [0.25, 0.3) is 0 Å². The van der Waals surface area contributed by atoms with Crippen molar-refractivity contribution >= 4 is 5.91 Å². The zero-order chi connectivity index (χ0) is 60.2. The molecule has 0 aliphatic carbocycles. The maximum atomic E-state index is 13.2. The number of aliphatic hydroxyl groups is 8. The summed E-state index contributed by atoms with van der Waals surface area (Å²) < 4.78 is 22.6. The summed E-state index contributed by atoms with van der Waals surface area (Å²) in [5.74, 6) is -0.273. The van der Waals surface area contributed by atoms with Crippen LogP contribution in [0.4, 0.5) is 0 Å². The van der Waals surface area contributed by atoms with Crippen molar-refractivity contribution in [2.24, 2.45) is 0 Å². The molecule has 0 aromatic heterocycles. The highest BCUT2D eigenvalue weighted by atomic mass is 16.7. The van der Waals surface area contributed by atoms with Crippen LogP contribution < -0.4 is 5.32 Å². The number of unbranched alkanes of at least 4 members (excludes halogenated alkanes) is 10. The Kier molecular flexibility index (Phi) is 46.8. The fourth-order valence-corrected chi connectivity index (χ4v) is 8.94. The number of hydrogen-bond donors (Lipinski definition) is 9. The lowest BCUT2D eigenvalue weighted by Crippen LogP contribution is -2.65. The average molecular weight is 1160 g/mol. The highest BCUT2D eigenvalue weighted by Crippen LogP contribution is 2.30. The highest BCUT2D eigenvalue weighted by Gasteiger charge is 2.51. The van der Waals surface area contributed by atoms with Crippen LogP contribution in [0.3, 0.4) is 0 Å². The van der Waals surface area contributed by atoms with E-state index in [9.17, 15) is 45.6 Å². The lowest BCUT2D eigenvalue weighted by molar-refractivity contribution is -0.359. The number of hydrogen-bond acceptors (Lipinski definition) is 13. The molecule has 12 atom stereocenters. The van der Waals surface area contributed by atoms with Crippen LogP contribution in [0, 0.1) is 0 Å². The van der Waals surface area contributed by atoms with E-state index in [-0.39, 0.29) is 18.9 Å². The maximum absolute atomic E-state index is 13.2. The van der Waals surface area contributed by atoms with Gasteiger partial charge >= 0.3 is 0 Å². The maximum Gasteiger partial charge on any atom is 0.220 e. The number of aliphatic hydroxyl groups excluding tert-OH is 8. The molecule has 468 valence electrons. The van der Waals surface area contributed by atoms with E-state index in [0.29, 0.717) is 12.8 Å². The number of rotatable bonds is 47. The Labute approximate surface area is 499 Å². The first-order valence-electron chi connectivity index (χ1n) is 31.2. The van der Waals surface area contributed by atoms with Crippen molar-refractivity contribution in [2.75, 3.05) is 19.8 Å². The van der Waals surface area contributed by atoms with Gasteiger partial charge in [-0.3, -0.25) is 4.79 Å². The molecule has 0 bridgehead atoms. The Balaban J connectivity index is 1.59. The number of carbonyl (C=O) groups excluding carboxylic acids is 1. The van der Waals surface area contributed by atoms with Crippen LogP contribution in [-0.4, -0.2) is 140 Å². The van der Waals surface area contributed by atoms with Crippen molar-refractivity contribution in [3.8, 4) is 0 Å². The van der Waals surface area contributed by atoms with Crippen molar-refractivity contribution in [1.29, 1.82) is 0 Å². The van der Waals surface area contributed by atoms with E-state index in [1.165, 1.54) is 0 Å². The monoisotopic (exact) mass is 1160 g/mol. The zero-order valence-electron chi connectivity index (χ0n) is 50.4. The van der Waals surface area contributed by atoms with Gasteiger partial charge in [0.15, 0.2) is 12.6 Å². The zero-order valence-corrected chi connectivity index (χ0v) is 50.4. The van der Waals surface area contributed by atoms with Gasteiger partial charge in [0.1, 0.15) is 48.8 Å². The van der Waals surface area contributed by atoms with E-state index in [1.807, 2.05) is 6.08 Å². The Morgan fingerprint density at radius 3 is 1.33 bits per heavy atom. The molecule has 2 rings (SSSR count). The number of carbonyl (C=O) groups is 1. The van der Waals surface area contributed by atoms with Crippen LogP contribution >= 0.6 is 0 Å². The van der Waals surface area contributed by atoms with E-state index in [4.69, 9.17) is 18.9 Å². The third-order valence-electron chi connectivity index (χ3n) is 13.9. The van der Waals surface area contributed by atoms with E-state index < -0.39 is 86.8 Å². The largest absolute Gasteiger partial charge is 0.394 e. The van der Waals surface area contributed by atoms with Crippen molar-refractivity contribution in [2.45, 2.75) is 248 Å². The SMILES string of the molecule is CC/C=C\C/C=C\C/C=C\C/C=C\C/C=C\C/C=C\C/C=C\C/C=C\C/C=C\C/C=C\C/C=C\CCCCCCCCCC(=O)NC(COC1OC(CO)C(OC2OC(CO)C(O)C(O)C2O)C(O)C1O)C(O)/C=C/CC/C=C/CCCC. The second-order valence-electron chi connectivity index (χ2n) is 21.1. The van der Waals surface area contributed by atoms with E-state index in [2.05, 4.69) is 165 Å². The summed E-state index contributed by atoms with van der Waals surface area (Å²) >= 11 is 0. The minimum atomic E-state index is -1.80. The van der Waals surface area contributed by atoms with Crippen LogP contribution in [-0.2, 0) is 23.7 Å². The predicted octanol–water partition coefficient (Wildman–Crippen LogP) is 11.5. The molecule has 2 fully saturated rings. The minimum Gasteiger partial charge on any atom is -0.394 e. The molecule has 0 aromatic carbocycles. The Bertz CT molecular complexity index is 2000. The smallest absolute Gasteiger partial charge is 0.220 e. The summed E-state index contributed by atoms with van der Waals surface area (Å²) in [6.07, 6.45) is 63.4. The molecule has 2 saturated heterocycles. The van der Waals surface area contributed by atoms with E-state index in [0.717, 1.165) is 141 Å². The molecule has 0 spiro atoms. The van der Waals surface area contributed by atoms with Gasteiger partial charge in [-0.1, -0.05) is 217 Å². The molecule has 2 aliphatic rings. The first kappa shape index (κ1) is 74.7. The van der Waals surface area contributed by atoms with E-state index >= 15 is 0 Å². The average Bonchev–Trinajstić information content (AvgIpc) is 3.45. The van der Waals surface area contributed by atoms with Crippen LogP contribution in [0.15, 0.2) is 158 Å². The summed E-state index contributed by atoms with van der Waals surface area (Å²) in [6.45, 7) is 2.53. The number of allylic oxidation sites excluding steroid dienone is 25. The third-order valence-corrected chi connectivity index (χ3v) is 13.9. The molecule has 9 N–H and O–H groups in total. The van der Waals surface area contributed by atoms with Gasteiger partial charge in [-0.2, -0.15) is 0 Å². The topological polar surface area (TPSA) is 228 Å². The van der Waals surface area contributed by atoms with Crippen molar-refractivity contribution in [1.82, 2.24) is 5.32 Å². The Morgan fingerprint density at radius 1 is 0.446 bits per heavy atom. The summed E-state index contributed by atoms with van der Waals surface area (Å²) in [5, 5.41) is 86.7. The van der Waals surface area contributed by atoms with Crippen LogP contribution in [0.5, 0.6) is 0 Å². The van der Waals surface area contributed by atoms with Crippen LogP contribution in [0.2, 0.25) is 0 Å². The summed E-state index contributed by atoms with van der Waals surface area (Å²) in [4.78, 5) is 13.2. The second-order valence-corrected chi connectivity index (χ2v) is 21.1. The fourth-order valence-electron chi connectivity index (χ4n) is 8.94. The molecule has 0 saturated carbocycles. The van der Waals surface area contributed by atoms with Crippen molar-refractivity contribution < 1.29 is 64.6 Å².